The van der Waals surface area contributed by atoms with Crippen molar-refractivity contribution in [2.75, 3.05) is 6.61 Å². The van der Waals surface area contributed by atoms with Crippen molar-refractivity contribution in [3.8, 4) is 11.4 Å². The molecule has 0 saturated carbocycles. The molecule has 5 heteroatoms. The minimum Gasteiger partial charge on any atom is -0.462 e. The van der Waals surface area contributed by atoms with Crippen LogP contribution in [0.1, 0.15) is 49.7 Å². The summed E-state index contributed by atoms with van der Waals surface area (Å²) in [5.74, 6) is -0.324. The van der Waals surface area contributed by atoms with Crippen molar-refractivity contribution in [2.24, 2.45) is 5.92 Å². The normalized spacial score (nSPS) is 11.1. The van der Waals surface area contributed by atoms with E-state index in [1.54, 1.807) is 19.1 Å². The van der Waals surface area contributed by atoms with Crippen LogP contribution in [-0.4, -0.2) is 23.1 Å². The standard InChI is InChI=1S/C24H27NO4/c1-5-17(6-2)23(26)29-19-13-14-21-20(15-19)22(24(27)28-7-3)16(4)25(21)18-11-9-8-10-12-18/h8-15,17H,5-7H2,1-4H3. The lowest BCUT2D eigenvalue weighted by Crippen LogP contribution is -2.19. The lowest BCUT2D eigenvalue weighted by molar-refractivity contribution is -0.139. The van der Waals surface area contributed by atoms with Crippen LogP contribution >= 0.6 is 0 Å². The van der Waals surface area contributed by atoms with Crippen LogP contribution < -0.4 is 4.74 Å². The van der Waals surface area contributed by atoms with Gasteiger partial charge in [0.1, 0.15) is 5.75 Å². The molecule has 0 amide bonds. The monoisotopic (exact) mass is 393 g/mol. The fourth-order valence-electron chi connectivity index (χ4n) is 3.65. The quantitative estimate of drug-likeness (QED) is 0.395. The van der Waals surface area contributed by atoms with E-state index in [2.05, 4.69) is 0 Å². The van der Waals surface area contributed by atoms with Crippen LogP contribution in [0, 0.1) is 12.8 Å². The molecule has 29 heavy (non-hydrogen) atoms. The molecule has 0 atom stereocenters. The highest BCUT2D eigenvalue weighted by atomic mass is 16.5. The summed E-state index contributed by atoms with van der Waals surface area (Å²) in [5.41, 5.74) is 3.09. The maximum atomic E-state index is 12.7. The Bertz CT molecular complexity index is 1020. The van der Waals surface area contributed by atoms with Crippen LogP contribution in [0.3, 0.4) is 0 Å². The zero-order valence-electron chi connectivity index (χ0n) is 17.4. The molecule has 0 aliphatic carbocycles. The topological polar surface area (TPSA) is 57.5 Å². The van der Waals surface area contributed by atoms with Crippen molar-refractivity contribution in [3.63, 3.8) is 0 Å². The number of nitrogens with zero attached hydrogens (tertiary/aromatic N) is 1. The molecule has 0 unspecified atom stereocenters. The Balaban J connectivity index is 2.14. The van der Waals surface area contributed by atoms with Crippen LogP contribution in [0.15, 0.2) is 48.5 Å². The van der Waals surface area contributed by atoms with Gasteiger partial charge in [0.15, 0.2) is 0 Å². The van der Waals surface area contributed by atoms with Crippen LogP contribution in [-0.2, 0) is 9.53 Å². The number of hydrogen-bond acceptors (Lipinski definition) is 4. The molecule has 0 bridgehead atoms. The van der Waals surface area contributed by atoms with Crippen molar-refractivity contribution < 1.29 is 19.1 Å². The average molecular weight is 393 g/mol. The Morgan fingerprint density at radius 2 is 1.69 bits per heavy atom. The number of aromatic nitrogens is 1. The highest BCUT2D eigenvalue weighted by molar-refractivity contribution is 6.07. The predicted molar refractivity (Wildman–Crippen MR) is 114 cm³/mol. The van der Waals surface area contributed by atoms with Crippen LogP contribution in [0.25, 0.3) is 16.6 Å². The Morgan fingerprint density at radius 1 is 1.00 bits per heavy atom. The van der Waals surface area contributed by atoms with Gasteiger partial charge >= 0.3 is 11.9 Å². The second kappa shape index (κ2) is 8.95. The van der Waals surface area contributed by atoms with Crippen molar-refractivity contribution in [1.29, 1.82) is 0 Å². The third-order valence-corrected chi connectivity index (χ3v) is 5.21. The smallest absolute Gasteiger partial charge is 0.340 e. The summed E-state index contributed by atoms with van der Waals surface area (Å²) in [6, 6.07) is 15.3. The molecular weight excluding hydrogens is 366 g/mol. The minimum absolute atomic E-state index is 0.133. The first-order chi connectivity index (χ1) is 14.0. The molecule has 0 saturated heterocycles. The van der Waals surface area contributed by atoms with Gasteiger partial charge in [-0.15, -0.1) is 0 Å². The number of esters is 2. The van der Waals surface area contributed by atoms with Crippen LogP contribution in [0.2, 0.25) is 0 Å². The molecule has 0 aliphatic heterocycles. The zero-order chi connectivity index (χ0) is 21.0. The number of ether oxygens (including phenoxy) is 2. The third kappa shape index (κ3) is 4.04. The lowest BCUT2D eigenvalue weighted by Gasteiger charge is -2.12. The number of rotatable bonds is 7. The van der Waals surface area contributed by atoms with Crippen molar-refractivity contribution in [1.82, 2.24) is 4.57 Å². The number of fused-ring (bicyclic) bond motifs is 1. The number of carbonyl (C=O) groups excluding carboxylic acids is 2. The van der Waals surface area contributed by atoms with Gasteiger partial charge in [-0.25, -0.2) is 4.79 Å². The van der Waals surface area contributed by atoms with E-state index in [0.29, 0.717) is 23.3 Å². The fourth-order valence-corrected chi connectivity index (χ4v) is 3.65. The van der Waals surface area contributed by atoms with Gasteiger partial charge < -0.3 is 14.0 Å². The van der Waals surface area contributed by atoms with E-state index in [1.165, 1.54) is 0 Å². The Labute approximate surface area is 171 Å². The SMILES string of the molecule is CCOC(=O)c1c(C)n(-c2ccccc2)c2ccc(OC(=O)C(CC)CC)cc12. The summed E-state index contributed by atoms with van der Waals surface area (Å²) >= 11 is 0. The molecule has 0 spiro atoms. The number of carbonyl (C=O) groups is 2. The predicted octanol–water partition coefficient (Wildman–Crippen LogP) is 5.46. The molecule has 0 radical (unpaired) electrons. The first-order valence-corrected chi connectivity index (χ1v) is 10.1. The molecule has 0 fully saturated rings. The van der Waals surface area contributed by atoms with Crippen molar-refractivity contribution in [2.45, 2.75) is 40.5 Å². The van der Waals surface area contributed by atoms with Crippen molar-refractivity contribution >= 4 is 22.8 Å². The van der Waals surface area contributed by atoms with Crippen molar-refractivity contribution in [3.05, 3.63) is 59.8 Å². The van der Waals surface area contributed by atoms with Gasteiger partial charge in [0, 0.05) is 16.8 Å². The van der Waals surface area contributed by atoms with E-state index in [0.717, 1.165) is 29.7 Å². The van der Waals surface area contributed by atoms with Gasteiger partial charge in [-0.3, -0.25) is 4.79 Å². The number of para-hydroxylation sites is 1. The van der Waals surface area contributed by atoms with E-state index in [1.807, 2.05) is 61.7 Å². The molecule has 2 aromatic carbocycles. The molecular formula is C24H27NO4. The minimum atomic E-state index is -0.381. The van der Waals surface area contributed by atoms with Crippen LogP contribution in [0.5, 0.6) is 5.75 Å². The summed E-state index contributed by atoms with van der Waals surface area (Å²) in [4.78, 5) is 25.1. The molecule has 0 aliphatic rings. The Hall–Kier alpha value is -3.08. The molecule has 0 N–H and O–H groups in total. The Morgan fingerprint density at radius 3 is 2.31 bits per heavy atom. The second-order valence-electron chi connectivity index (χ2n) is 6.97. The van der Waals surface area contributed by atoms with Gasteiger partial charge in [0.2, 0.25) is 0 Å². The maximum Gasteiger partial charge on any atom is 0.340 e. The summed E-state index contributed by atoms with van der Waals surface area (Å²) in [5, 5.41) is 0.708. The molecule has 5 nitrogen and oxygen atoms in total. The van der Waals surface area contributed by atoms with E-state index in [-0.39, 0.29) is 17.9 Å². The first-order valence-electron chi connectivity index (χ1n) is 10.1. The molecule has 3 aromatic rings. The highest BCUT2D eigenvalue weighted by Gasteiger charge is 2.23. The average Bonchev–Trinajstić information content (AvgIpc) is 3.01. The molecule has 1 aromatic heterocycles. The van der Waals surface area contributed by atoms with E-state index < -0.39 is 0 Å². The number of benzene rings is 2. The third-order valence-electron chi connectivity index (χ3n) is 5.21. The van der Waals surface area contributed by atoms with E-state index >= 15 is 0 Å². The molecule has 3 rings (SSSR count). The zero-order valence-corrected chi connectivity index (χ0v) is 17.4. The largest absolute Gasteiger partial charge is 0.462 e. The van der Waals surface area contributed by atoms with Crippen LogP contribution in [0.4, 0.5) is 0 Å². The summed E-state index contributed by atoms with van der Waals surface area (Å²) in [7, 11) is 0. The molecule has 1 heterocycles. The second-order valence-corrected chi connectivity index (χ2v) is 6.97. The van der Waals surface area contributed by atoms with Gasteiger partial charge in [0.05, 0.1) is 23.6 Å². The van der Waals surface area contributed by atoms with Gasteiger partial charge in [0.25, 0.3) is 0 Å². The first kappa shape index (κ1) is 20.6. The highest BCUT2D eigenvalue weighted by Crippen LogP contribution is 2.33. The lowest BCUT2D eigenvalue weighted by atomic mass is 10.0. The van der Waals surface area contributed by atoms with E-state index in [9.17, 15) is 9.59 Å². The van der Waals surface area contributed by atoms with E-state index in [4.69, 9.17) is 9.47 Å². The summed E-state index contributed by atoms with van der Waals surface area (Å²) < 4.78 is 12.9. The molecule has 152 valence electrons. The fraction of sp³-hybridized carbons (Fsp3) is 0.333. The number of hydrogen-bond donors (Lipinski definition) is 0. The summed E-state index contributed by atoms with van der Waals surface area (Å²) in [6.07, 6.45) is 1.46. The summed E-state index contributed by atoms with van der Waals surface area (Å²) in [6.45, 7) is 7.92. The maximum absolute atomic E-state index is 12.7. The van der Waals surface area contributed by atoms with Gasteiger partial charge in [-0.2, -0.15) is 0 Å². The van der Waals surface area contributed by atoms with Gasteiger partial charge in [-0.05, 0) is 57.0 Å². The Kier molecular flexibility index (Phi) is 6.37. The van der Waals surface area contributed by atoms with Gasteiger partial charge in [-0.1, -0.05) is 32.0 Å².